The number of aliphatic hydroxyl groups excluding tert-OH is 3. The van der Waals surface area contributed by atoms with E-state index >= 15 is 0 Å². The maximum Gasteiger partial charge on any atom is 0.335 e. The maximum atomic E-state index is 12.7. The monoisotopic (exact) mass is 554 g/mol. The Morgan fingerprint density at radius 1 is 1.13 bits per heavy atom. The van der Waals surface area contributed by atoms with Gasteiger partial charge in [0.2, 0.25) is 18.1 Å². The second kappa shape index (κ2) is 13.1. The molecule has 214 valence electrons. The number of carbonyl (C=O) groups is 5. The quantitative estimate of drug-likeness (QED) is 0.0821. The highest BCUT2D eigenvalue weighted by molar-refractivity contribution is 6.21. The molecule has 0 bridgehead atoms. The first kappa shape index (κ1) is 30.1. The number of rotatable bonds is 12. The molecule has 0 radical (unpaired) electrons. The molecular formula is C24H30N2O13. The number of carboxylic acid groups (broad SMARTS) is 1. The highest BCUT2D eigenvalue weighted by atomic mass is 16.7. The summed E-state index contributed by atoms with van der Waals surface area (Å²) < 4.78 is 20.9. The summed E-state index contributed by atoms with van der Waals surface area (Å²) in [7, 11) is 0. The van der Waals surface area contributed by atoms with Crippen molar-refractivity contribution < 1.29 is 63.3 Å². The van der Waals surface area contributed by atoms with Crippen LogP contribution in [-0.2, 0) is 44.8 Å². The van der Waals surface area contributed by atoms with Gasteiger partial charge in [-0.05, 0) is 24.6 Å². The number of esters is 1. The molecule has 2 saturated heterocycles. The van der Waals surface area contributed by atoms with Crippen molar-refractivity contribution in [3.63, 3.8) is 0 Å². The van der Waals surface area contributed by atoms with Crippen LogP contribution in [0.5, 0.6) is 5.75 Å². The van der Waals surface area contributed by atoms with Crippen molar-refractivity contribution in [3.8, 4) is 5.75 Å². The number of carboxylic acids is 1. The van der Waals surface area contributed by atoms with Crippen LogP contribution < -0.4 is 15.0 Å². The molecule has 5 N–H and O–H groups in total. The molecule has 1 aromatic rings. The van der Waals surface area contributed by atoms with Crippen LogP contribution in [0.15, 0.2) is 18.2 Å². The van der Waals surface area contributed by atoms with Crippen LogP contribution in [0.4, 0.5) is 5.69 Å². The highest BCUT2D eigenvalue weighted by Crippen LogP contribution is 2.37. The second-order valence-corrected chi connectivity index (χ2v) is 9.11. The molecule has 15 nitrogen and oxygen atoms in total. The molecule has 15 heteroatoms. The number of imide groups is 1. The number of anilines is 1. The van der Waals surface area contributed by atoms with Gasteiger partial charge in [0.1, 0.15) is 37.3 Å². The number of hydrogen-bond donors (Lipinski definition) is 5. The van der Waals surface area contributed by atoms with E-state index in [2.05, 4.69) is 5.32 Å². The fourth-order valence-electron chi connectivity index (χ4n) is 3.87. The van der Waals surface area contributed by atoms with Gasteiger partial charge in [-0.15, -0.1) is 0 Å². The summed E-state index contributed by atoms with van der Waals surface area (Å²) in [6.45, 7) is 2.28. The lowest BCUT2D eigenvalue weighted by Gasteiger charge is -2.38. The van der Waals surface area contributed by atoms with Crippen LogP contribution in [0.25, 0.3) is 0 Å². The van der Waals surface area contributed by atoms with Gasteiger partial charge in [0, 0.05) is 12.3 Å². The zero-order chi connectivity index (χ0) is 28.9. The third kappa shape index (κ3) is 7.35. The molecule has 0 spiro atoms. The summed E-state index contributed by atoms with van der Waals surface area (Å²) in [4.78, 5) is 60.5. The summed E-state index contributed by atoms with van der Waals surface area (Å²) >= 11 is 0. The van der Waals surface area contributed by atoms with Crippen LogP contribution in [0.1, 0.15) is 25.8 Å². The van der Waals surface area contributed by atoms with Crippen molar-refractivity contribution in [2.45, 2.75) is 57.6 Å². The van der Waals surface area contributed by atoms with E-state index < -0.39 is 60.4 Å². The van der Waals surface area contributed by atoms with Crippen molar-refractivity contribution in [1.29, 1.82) is 0 Å². The lowest BCUT2D eigenvalue weighted by Crippen LogP contribution is -2.61. The Morgan fingerprint density at radius 3 is 2.46 bits per heavy atom. The van der Waals surface area contributed by atoms with Gasteiger partial charge in [-0.25, -0.2) is 9.69 Å². The van der Waals surface area contributed by atoms with Crippen LogP contribution >= 0.6 is 0 Å². The number of benzene rings is 1. The average molecular weight is 555 g/mol. The van der Waals surface area contributed by atoms with Crippen molar-refractivity contribution in [1.82, 2.24) is 5.32 Å². The molecule has 2 heterocycles. The number of amides is 2. The molecule has 2 aliphatic heterocycles. The topological polar surface area (TPSA) is 218 Å². The Bertz CT molecular complexity index is 1110. The molecule has 0 aliphatic carbocycles. The van der Waals surface area contributed by atoms with E-state index in [1.165, 1.54) is 25.1 Å². The maximum absolute atomic E-state index is 12.7. The largest absolute Gasteiger partial charge is 0.479 e. The predicted octanol–water partition coefficient (Wildman–Crippen LogP) is -1.95. The SMILES string of the molecule is CC(=O)COCNCC(=O)OCc1ccc(O[C@@H]2O[C@H](C(=O)O)[C@@H](O)[C@H](O)[C@H]2O)c(N2C(=O)CC(C)C2=O)c1. The van der Waals surface area contributed by atoms with Crippen molar-refractivity contribution >= 4 is 35.2 Å². The molecule has 1 aromatic carbocycles. The molecule has 0 saturated carbocycles. The number of nitrogens with zero attached hydrogens (tertiary/aromatic N) is 1. The first-order valence-corrected chi connectivity index (χ1v) is 11.9. The van der Waals surface area contributed by atoms with E-state index in [1.54, 1.807) is 6.92 Å². The van der Waals surface area contributed by atoms with E-state index in [0.29, 0.717) is 5.56 Å². The molecule has 6 atom stereocenters. The number of aliphatic carboxylic acids is 1. The minimum atomic E-state index is -1.94. The average Bonchev–Trinajstić information content (AvgIpc) is 3.13. The summed E-state index contributed by atoms with van der Waals surface area (Å²) in [6.07, 6.45) is -9.53. The smallest absolute Gasteiger partial charge is 0.335 e. The van der Waals surface area contributed by atoms with Gasteiger partial charge in [-0.2, -0.15) is 0 Å². The Morgan fingerprint density at radius 2 is 1.85 bits per heavy atom. The lowest BCUT2D eigenvalue weighted by atomic mass is 9.99. The Kier molecular flexibility index (Phi) is 10.1. The number of ether oxygens (including phenoxy) is 4. The molecule has 0 aromatic heterocycles. The number of Topliss-reactive ketones (excluding diaryl/α,β-unsaturated/α-hetero) is 1. The molecule has 1 unspecified atom stereocenters. The van der Waals surface area contributed by atoms with Gasteiger partial charge >= 0.3 is 11.9 Å². The van der Waals surface area contributed by atoms with E-state index in [0.717, 1.165) is 4.90 Å². The van der Waals surface area contributed by atoms with E-state index in [9.17, 15) is 44.4 Å². The summed E-state index contributed by atoms with van der Waals surface area (Å²) in [5.74, 6) is -4.35. The molecule has 39 heavy (non-hydrogen) atoms. The Labute approximate surface area is 222 Å². The molecular weight excluding hydrogens is 524 g/mol. The molecule has 3 rings (SSSR count). The van der Waals surface area contributed by atoms with Crippen LogP contribution in [0.3, 0.4) is 0 Å². The van der Waals surface area contributed by atoms with Gasteiger partial charge in [0.05, 0.1) is 19.0 Å². The summed E-state index contributed by atoms with van der Waals surface area (Å²) in [5, 5.41) is 42.2. The van der Waals surface area contributed by atoms with Gasteiger partial charge in [-0.3, -0.25) is 24.5 Å². The first-order valence-electron chi connectivity index (χ1n) is 11.9. The van der Waals surface area contributed by atoms with Gasteiger partial charge in [-0.1, -0.05) is 13.0 Å². The molecule has 2 aliphatic rings. The first-order chi connectivity index (χ1) is 18.4. The van der Waals surface area contributed by atoms with Crippen molar-refractivity contribution in [3.05, 3.63) is 23.8 Å². The van der Waals surface area contributed by atoms with Gasteiger partial charge in [0.15, 0.2) is 11.9 Å². The number of nitrogens with one attached hydrogen (secondary N) is 1. The standard InChI is InChI=1S/C24H30N2O13/c1-11-5-16(28)26(22(11)33)14-6-13(9-37-17(29)7-25-10-36-8-12(2)27)3-4-15(14)38-24-20(32)18(30)19(31)21(39-24)23(34)35/h3-4,6,11,18-21,24-25,30-32H,5,7-10H2,1-2H3,(H,34,35)/t11?,18-,19-,20+,21-,24+/m0/s1. The lowest BCUT2D eigenvalue weighted by molar-refractivity contribution is -0.271. The fraction of sp³-hybridized carbons (Fsp3) is 0.542. The number of aliphatic hydroxyl groups is 3. The van der Waals surface area contributed by atoms with Crippen molar-refractivity contribution in [2.24, 2.45) is 5.92 Å². The zero-order valence-electron chi connectivity index (χ0n) is 21.1. The number of hydrogen-bond acceptors (Lipinski definition) is 13. The Balaban J connectivity index is 1.77. The van der Waals surface area contributed by atoms with E-state index in [1.807, 2.05) is 0 Å². The van der Waals surface area contributed by atoms with Gasteiger partial charge < -0.3 is 39.4 Å². The third-order valence-corrected chi connectivity index (χ3v) is 5.87. The van der Waals surface area contributed by atoms with Crippen LogP contribution in [0, 0.1) is 5.92 Å². The second-order valence-electron chi connectivity index (χ2n) is 9.11. The van der Waals surface area contributed by atoms with Crippen molar-refractivity contribution in [2.75, 3.05) is 24.8 Å². The van der Waals surface area contributed by atoms with Crippen LogP contribution in [0.2, 0.25) is 0 Å². The van der Waals surface area contributed by atoms with Crippen LogP contribution in [-0.4, -0.2) is 101 Å². The predicted molar refractivity (Wildman–Crippen MR) is 127 cm³/mol. The minimum Gasteiger partial charge on any atom is -0.479 e. The Hall–Kier alpha value is -3.47. The fourth-order valence-corrected chi connectivity index (χ4v) is 3.87. The highest BCUT2D eigenvalue weighted by Gasteiger charge is 2.48. The summed E-state index contributed by atoms with van der Waals surface area (Å²) in [6, 6.07) is 4.06. The molecule has 2 fully saturated rings. The van der Waals surface area contributed by atoms with Gasteiger partial charge in [0.25, 0.3) is 0 Å². The van der Waals surface area contributed by atoms with E-state index in [4.69, 9.17) is 18.9 Å². The third-order valence-electron chi connectivity index (χ3n) is 5.87. The summed E-state index contributed by atoms with van der Waals surface area (Å²) in [5.41, 5.74) is 0.268. The van der Waals surface area contributed by atoms with E-state index in [-0.39, 0.29) is 50.1 Å². The normalized spacial score (nSPS) is 26.9. The zero-order valence-corrected chi connectivity index (χ0v) is 21.1. The number of carbonyl (C=O) groups excluding carboxylic acids is 4. The molecule has 2 amide bonds. The minimum absolute atomic E-state index is 0.0498. The number of ketones is 1.